The van der Waals surface area contributed by atoms with E-state index in [1.165, 1.54) is 0 Å². The second-order valence-corrected chi connectivity index (χ2v) is 9.10. The van der Waals surface area contributed by atoms with Crippen molar-refractivity contribution in [1.82, 2.24) is 0 Å². The van der Waals surface area contributed by atoms with Gasteiger partial charge in [0.2, 0.25) is 0 Å². The van der Waals surface area contributed by atoms with Crippen molar-refractivity contribution < 1.29 is 54.7 Å². The summed E-state index contributed by atoms with van der Waals surface area (Å²) in [5.74, 6) is 0. The Balaban J connectivity index is 1.84. The van der Waals surface area contributed by atoms with Gasteiger partial charge in [0, 0.05) is 0 Å². The second kappa shape index (κ2) is 12.1. The fraction of sp³-hybridized carbons (Fsp3) is 0.905. The zero-order valence-corrected chi connectivity index (χ0v) is 18.8. The van der Waals surface area contributed by atoms with Gasteiger partial charge < -0.3 is 54.7 Å². The van der Waals surface area contributed by atoms with Crippen LogP contribution in [0.2, 0.25) is 0 Å². The molecule has 11 nitrogen and oxygen atoms in total. The van der Waals surface area contributed by atoms with Crippen molar-refractivity contribution >= 4 is 0 Å². The Morgan fingerprint density at radius 2 is 1.44 bits per heavy atom. The lowest BCUT2D eigenvalue weighted by molar-refractivity contribution is -0.308. The van der Waals surface area contributed by atoms with E-state index < -0.39 is 67.5 Å². The van der Waals surface area contributed by atoms with Crippen LogP contribution >= 0.6 is 0 Å². The Morgan fingerprint density at radius 1 is 0.875 bits per heavy atom. The van der Waals surface area contributed by atoms with Crippen molar-refractivity contribution in [1.29, 1.82) is 0 Å². The molecule has 11 heteroatoms. The van der Waals surface area contributed by atoms with E-state index in [1.54, 1.807) is 13.8 Å². The molecule has 2 heterocycles. The van der Waals surface area contributed by atoms with E-state index in [9.17, 15) is 30.6 Å². The van der Waals surface area contributed by atoms with Gasteiger partial charge in [0.25, 0.3) is 0 Å². The molecule has 0 radical (unpaired) electrons. The smallest absolute Gasteiger partial charge is 0.187 e. The molecule has 0 aliphatic carbocycles. The minimum Gasteiger partial charge on any atom is -0.394 e. The zero-order valence-electron chi connectivity index (χ0n) is 18.8. The third-order valence-corrected chi connectivity index (χ3v) is 5.64. The lowest BCUT2D eigenvalue weighted by Crippen LogP contribution is -2.59. The fourth-order valence-electron chi connectivity index (χ4n) is 3.57. The van der Waals surface area contributed by atoms with Crippen LogP contribution in [-0.4, -0.2) is 116 Å². The van der Waals surface area contributed by atoms with Crippen LogP contribution in [0.1, 0.15) is 40.0 Å². The molecule has 0 bridgehead atoms. The summed E-state index contributed by atoms with van der Waals surface area (Å²) in [6, 6.07) is 0. The number of aliphatic hydroxyl groups is 7. The summed E-state index contributed by atoms with van der Waals surface area (Å²) in [6.45, 7) is 4.69. The summed E-state index contributed by atoms with van der Waals surface area (Å²) in [7, 11) is 0. The summed E-state index contributed by atoms with van der Waals surface area (Å²) < 4.78 is 21.6. The highest BCUT2D eigenvalue weighted by Gasteiger charge is 2.47. The Labute approximate surface area is 187 Å². The molecule has 188 valence electrons. The van der Waals surface area contributed by atoms with E-state index in [2.05, 4.69) is 0 Å². The fourth-order valence-corrected chi connectivity index (χ4v) is 3.57. The van der Waals surface area contributed by atoms with E-state index in [0.29, 0.717) is 6.42 Å². The molecule has 2 rings (SSSR count). The van der Waals surface area contributed by atoms with Crippen LogP contribution in [0.25, 0.3) is 0 Å². The molecule has 9 atom stereocenters. The van der Waals surface area contributed by atoms with Crippen LogP contribution in [-0.2, 0) is 18.9 Å². The minimum atomic E-state index is -1.55. The van der Waals surface area contributed by atoms with Gasteiger partial charge in [0.1, 0.15) is 42.7 Å². The normalized spacial score (nSPS) is 38.9. The molecular weight excluding hydrogens is 428 g/mol. The largest absolute Gasteiger partial charge is 0.394 e. The number of hydrogen-bond donors (Lipinski definition) is 7. The molecule has 0 spiro atoms. The molecule has 2 aliphatic rings. The highest BCUT2D eigenvalue weighted by Crippen LogP contribution is 2.26. The van der Waals surface area contributed by atoms with Crippen LogP contribution in [0.5, 0.6) is 0 Å². The molecule has 0 aromatic rings. The molecule has 9 unspecified atom stereocenters. The molecule has 2 saturated heterocycles. The first-order chi connectivity index (χ1) is 14.9. The lowest BCUT2D eigenvalue weighted by Gasteiger charge is -2.40. The first-order valence-corrected chi connectivity index (χ1v) is 10.9. The van der Waals surface area contributed by atoms with Crippen molar-refractivity contribution in [3.8, 4) is 0 Å². The van der Waals surface area contributed by atoms with Crippen LogP contribution in [0.4, 0.5) is 0 Å². The van der Waals surface area contributed by atoms with Gasteiger partial charge in [-0.15, -0.1) is 0 Å². The van der Waals surface area contributed by atoms with Gasteiger partial charge in [-0.05, 0) is 40.0 Å². The summed E-state index contributed by atoms with van der Waals surface area (Å²) in [5, 5.41) is 69.1. The van der Waals surface area contributed by atoms with E-state index in [-0.39, 0.29) is 13.2 Å². The van der Waals surface area contributed by atoms with Gasteiger partial charge in [-0.2, -0.15) is 0 Å². The maximum atomic E-state index is 10.2. The molecule has 2 aliphatic heterocycles. The minimum absolute atomic E-state index is 0.0985. The van der Waals surface area contributed by atoms with Crippen LogP contribution in [0.3, 0.4) is 0 Å². The summed E-state index contributed by atoms with van der Waals surface area (Å²) in [4.78, 5) is 0. The second-order valence-electron chi connectivity index (χ2n) is 9.10. The Kier molecular flexibility index (Phi) is 10.4. The van der Waals surface area contributed by atoms with E-state index >= 15 is 0 Å². The van der Waals surface area contributed by atoms with Crippen molar-refractivity contribution in [3.63, 3.8) is 0 Å². The monoisotopic (exact) mass is 466 g/mol. The van der Waals surface area contributed by atoms with Crippen molar-refractivity contribution in [2.24, 2.45) is 0 Å². The zero-order chi connectivity index (χ0) is 24.1. The Morgan fingerprint density at radius 3 is 2.03 bits per heavy atom. The molecule has 32 heavy (non-hydrogen) atoms. The van der Waals surface area contributed by atoms with E-state index in [4.69, 9.17) is 24.1 Å². The Bertz CT molecular complexity index is 593. The molecule has 7 N–H and O–H groups in total. The standard InChI is InChI=1S/C21H38O11/c1-11(5-4-7-21(2,3)28)6-8-29-19-18(27)16(25)15(24)13(32-19)10-30-20-17(26)14(23)12(9-22)31-20/h6,12-20,22-28H,4-5,7-10H2,1-3H3. The number of rotatable bonds is 11. The highest BCUT2D eigenvalue weighted by atomic mass is 16.7. The molecule has 0 saturated carbocycles. The number of allylic oxidation sites excluding steroid dienone is 1. The molecular formula is C21H38O11. The average Bonchev–Trinajstić information content (AvgIpc) is 2.99. The van der Waals surface area contributed by atoms with Crippen LogP contribution < -0.4 is 0 Å². The summed E-state index contributed by atoms with van der Waals surface area (Å²) in [6.07, 6.45) is -7.81. The predicted molar refractivity (Wildman–Crippen MR) is 110 cm³/mol. The topological polar surface area (TPSA) is 179 Å². The number of ether oxygens (including phenoxy) is 4. The maximum Gasteiger partial charge on any atom is 0.187 e. The first kappa shape index (κ1) is 27.5. The Hall–Kier alpha value is -0.700. The van der Waals surface area contributed by atoms with Crippen LogP contribution in [0.15, 0.2) is 11.6 Å². The molecule has 0 aromatic carbocycles. The van der Waals surface area contributed by atoms with Crippen molar-refractivity contribution in [3.05, 3.63) is 11.6 Å². The van der Waals surface area contributed by atoms with Gasteiger partial charge in [0.05, 0.1) is 25.4 Å². The summed E-state index contributed by atoms with van der Waals surface area (Å²) in [5.41, 5.74) is 0.311. The maximum absolute atomic E-state index is 10.2. The third kappa shape index (κ3) is 7.67. The van der Waals surface area contributed by atoms with Gasteiger partial charge in [0.15, 0.2) is 12.6 Å². The molecule has 0 amide bonds. The third-order valence-electron chi connectivity index (χ3n) is 5.64. The van der Waals surface area contributed by atoms with Crippen LogP contribution in [0, 0.1) is 0 Å². The average molecular weight is 467 g/mol. The highest BCUT2D eigenvalue weighted by molar-refractivity contribution is 4.98. The van der Waals surface area contributed by atoms with Crippen molar-refractivity contribution in [2.75, 3.05) is 19.8 Å². The van der Waals surface area contributed by atoms with Gasteiger partial charge in [-0.25, -0.2) is 0 Å². The van der Waals surface area contributed by atoms with Crippen molar-refractivity contribution in [2.45, 2.75) is 101 Å². The first-order valence-electron chi connectivity index (χ1n) is 10.9. The molecule has 0 aromatic heterocycles. The van der Waals surface area contributed by atoms with E-state index in [0.717, 1.165) is 18.4 Å². The van der Waals surface area contributed by atoms with Gasteiger partial charge in [-0.1, -0.05) is 11.6 Å². The SMILES string of the molecule is CC(=CCOC1OC(COC2OC(CO)C(O)C2O)C(O)C(O)C1O)CCCC(C)(C)O. The van der Waals surface area contributed by atoms with Gasteiger partial charge >= 0.3 is 0 Å². The molecule has 2 fully saturated rings. The predicted octanol–water partition coefficient (Wildman–Crippen LogP) is -1.85. The quantitative estimate of drug-likeness (QED) is 0.170. The van der Waals surface area contributed by atoms with E-state index in [1.807, 2.05) is 13.0 Å². The number of aliphatic hydroxyl groups excluding tert-OH is 6. The summed E-state index contributed by atoms with van der Waals surface area (Å²) >= 11 is 0. The van der Waals surface area contributed by atoms with Gasteiger partial charge in [-0.3, -0.25) is 0 Å². The lowest BCUT2D eigenvalue weighted by atomic mass is 9.99. The number of hydrogen-bond acceptors (Lipinski definition) is 11.